The first kappa shape index (κ1) is 24.8. The first-order valence-corrected chi connectivity index (χ1v) is 11.9. The number of anilines is 1. The number of fused-ring (bicyclic) bond motifs is 1. The fourth-order valence-electron chi connectivity index (χ4n) is 4.76. The summed E-state index contributed by atoms with van der Waals surface area (Å²) in [6.07, 6.45) is 0.220. The Morgan fingerprint density at radius 3 is 2.63 bits per heavy atom. The highest BCUT2D eigenvalue weighted by Crippen LogP contribution is 2.34. The second-order valence-corrected chi connectivity index (χ2v) is 8.88. The third-order valence-electron chi connectivity index (χ3n) is 6.64. The fraction of sp³-hybridized carbons (Fsp3) is 0.462. The molecular formula is C26H32N2O7. The van der Waals surface area contributed by atoms with Gasteiger partial charge in [0.2, 0.25) is 0 Å². The molecule has 0 bridgehead atoms. The maximum Gasteiger partial charge on any atom is 0.407 e. The number of hydrogen-bond acceptors (Lipinski definition) is 6. The Hall–Kier alpha value is -3.30. The van der Waals surface area contributed by atoms with Crippen molar-refractivity contribution in [3.8, 4) is 5.75 Å². The van der Waals surface area contributed by atoms with Crippen LogP contribution in [0.5, 0.6) is 5.75 Å². The first-order valence-electron chi connectivity index (χ1n) is 11.9. The molecule has 35 heavy (non-hydrogen) atoms. The lowest BCUT2D eigenvalue weighted by Gasteiger charge is -2.37. The molecule has 0 saturated carbocycles. The number of carboxylic acids is 1. The topological polar surface area (TPSA) is 109 Å². The smallest absolute Gasteiger partial charge is 0.407 e. The zero-order valence-corrected chi connectivity index (χ0v) is 19.9. The highest BCUT2D eigenvalue weighted by molar-refractivity contribution is 5.87. The van der Waals surface area contributed by atoms with Gasteiger partial charge in [-0.2, -0.15) is 0 Å². The van der Waals surface area contributed by atoms with Gasteiger partial charge < -0.3 is 34.2 Å². The van der Waals surface area contributed by atoms with E-state index in [9.17, 15) is 19.8 Å². The van der Waals surface area contributed by atoms with Crippen molar-refractivity contribution >= 4 is 17.7 Å². The lowest BCUT2D eigenvalue weighted by atomic mass is 9.86. The van der Waals surface area contributed by atoms with Gasteiger partial charge in [0.25, 0.3) is 0 Å². The molecule has 2 aromatic carbocycles. The molecule has 0 radical (unpaired) electrons. The second kappa shape index (κ2) is 11.4. The fourth-order valence-corrected chi connectivity index (χ4v) is 4.76. The summed E-state index contributed by atoms with van der Waals surface area (Å²) < 4.78 is 17.3. The number of hydrogen-bond donors (Lipinski definition) is 2. The van der Waals surface area contributed by atoms with E-state index in [1.807, 2.05) is 12.1 Å². The Morgan fingerprint density at radius 1 is 1.11 bits per heavy atom. The van der Waals surface area contributed by atoms with Crippen molar-refractivity contribution < 1.29 is 34.0 Å². The number of carboxylic acid groups (broad SMARTS) is 2. The van der Waals surface area contributed by atoms with E-state index < -0.39 is 12.1 Å². The average Bonchev–Trinajstić information content (AvgIpc) is 2.87. The summed E-state index contributed by atoms with van der Waals surface area (Å²) in [6.45, 7) is 4.04. The van der Waals surface area contributed by atoms with Crippen LogP contribution in [-0.4, -0.2) is 79.8 Å². The molecule has 2 N–H and O–H groups in total. The molecule has 4 rings (SSSR count). The van der Waals surface area contributed by atoms with Gasteiger partial charge in [-0.1, -0.05) is 18.2 Å². The van der Waals surface area contributed by atoms with Crippen molar-refractivity contribution in [2.45, 2.75) is 31.5 Å². The van der Waals surface area contributed by atoms with Crippen LogP contribution in [0.25, 0.3) is 0 Å². The summed E-state index contributed by atoms with van der Waals surface area (Å²) in [5, 5.41) is 18.7. The Balaban J connectivity index is 1.48. The number of likely N-dealkylation sites (tertiary alicyclic amines) is 1. The molecule has 2 aromatic rings. The van der Waals surface area contributed by atoms with Gasteiger partial charge in [-0.15, -0.1) is 0 Å². The summed E-state index contributed by atoms with van der Waals surface area (Å²) >= 11 is 0. The quantitative estimate of drug-likeness (QED) is 0.519. The van der Waals surface area contributed by atoms with Crippen molar-refractivity contribution in [2.75, 3.05) is 51.4 Å². The van der Waals surface area contributed by atoms with E-state index >= 15 is 0 Å². The van der Waals surface area contributed by atoms with E-state index in [1.54, 1.807) is 31.4 Å². The second-order valence-electron chi connectivity index (χ2n) is 8.88. The standard InChI is InChI=1S/C26H32N2O7/c1-33-13-2-10-27-12-14-34-23-8-3-18(15-22(23)27)17-35-24-16-28(26(31)32)11-9-21(24)19-4-6-20(7-5-19)25(29)30/h3-8,15,21,24H,2,9-14,16-17H2,1H3,(H,29,30)(H,31,32). The van der Waals surface area contributed by atoms with Crippen LogP contribution < -0.4 is 9.64 Å². The molecule has 0 aromatic heterocycles. The minimum atomic E-state index is -0.974. The van der Waals surface area contributed by atoms with Crippen molar-refractivity contribution in [1.29, 1.82) is 0 Å². The Labute approximate surface area is 204 Å². The number of benzene rings is 2. The van der Waals surface area contributed by atoms with E-state index in [0.29, 0.717) is 32.8 Å². The van der Waals surface area contributed by atoms with E-state index in [0.717, 1.165) is 42.1 Å². The number of piperidine rings is 1. The van der Waals surface area contributed by atoms with Crippen LogP contribution in [0, 0.1) is 0 Å². The number of methoxy groups -OCH3 is 1. The molecule has 0 spiro atoms. The van der Waals surface area contributed by atoms with Crippen LogP contribution in [0.4, 0.5) is 10.5 Å². The minimum Gasteiger partial charge on any atom is -0.490 e. The molecule has 9 heteroatoms. The predicted octanol–water partition coefficient (Wildman–Crippen LogP) is 3.67. The normalized spacial score (nSPS) is 19.7. The van der Waals surface area contributed by atoms with Gasteiger partial charge in [0.1, 0.15) is 12.4 Å². The SMILES string of the molecule is COCCCN1CCOc2ccc(COC3CN(C(=O)O)CCC3c3ccc(C(=O)O)cc3)cc21. The number of rotatable bonds is 9. The molecule has 2 atom stereocenters. The van der Waals surface area contributed by atoms with Gasteiger partial charge >= 0.3 is 12.1 Å². The van der Waals surface area contributed by atoms with Crippen LogP contribution in [0.15, 0.2) is 42.5 Å². The van der Waals surface area contributed by atoms with Gasteiger partial charge in [-0.05, 0) is 48.2 Å². The summed E-state index contributed by atoms with van der Waals surface area (Å²) in [5.41, 5.74) is 3.19. The van der Waals surface area contributed by atoms with Gasteiger partial charge in [0, 0.05) is 32.7 Å². The minimum absolute atomic E-state index is 0.0278. The molecule has 0 aliphatic carbocycles. The molecule has 2 unspecified atom stereocenters. The lowest BCUT2D eigenvalue weighted by Crippen LogP contribution is -2.46. The van der Waals surface area contributed by atoms with E-state index in [4.69, 9.17) is 14.2 Å². The van der Waals surface area contributed by atoms with E-state index in [-0.39, 0.29) is 24.1 Å². The van der Waals surface area contributed by atoms with Crippen LogP contribution in [0.1, 0.15) is 40.2 Å². The maximum atomic E-state index is 11.6. The van der Waals surface area contributed by atoms with Crippen LogP contribution in [-0.2, 0) is 16.1 Å². The summed E-state index contributed by atoms with van der Waals surface area (Å²) in [6, 6.07) is 12.8. The highest BCUT2D eigenvalue weighted by Gasteiger charge is 2.33. The van der Waals surface area contributed by atoms with E-state index in [1.165, 1.54) is 4.90 Å². The van der Waals surface area contributed by atoms with Crippen molar-refractivity contribution in [1.82, 2.24) is 4.90 Å². The number of ether oxygens (including phenoxy) is 3. The van der Waals surface area contributed by atoms with Gasteiger partial charge in [-0.25, -0.2) is 9.59 Å². The number of nitrogens with zero attached hydrogens (tertiary/aromatic N) is 2. The number of carbonyl (C=O) groups is 2. The molecule has 1 saturated heterocycles. The highest BCUT2D eigenvalue weighted by atomic mass is 16.5. The largest absolute Gasteiger partial charge is 0.490 e. The molecular weight excluding hydrogens is 452 g/mol. The summed E-state index contributed by atoms with van der Waals surface area (Å²) in [7, 11) is 1.70. The van der Waals surface area contributed by atoms with Gasteiger partial charge in [-0.3, -0.25) is 0 Å². The average molecular weight is 485 g/mol. The van der Waals surface area contributed by atoms with Crippen LogP contribution in [0.2, 0.25) is 0 Å². The van der Waals surface area contributed by atoms with E-state index in [2.05, 4.69) is 11.0 Å². The molecule has 9 nitrogen and oxygen atoms in total. The summed E-state index contributed by atoms with van der Waals surface area (Å²) in [4.78, 5) is 26.5. The van der Waals surface area contributed by atoms with Crippen molar-refractivity contribution in [3.05, 3.63) is 59.2 Å². The predicted molar refractivity (Wildman–Crippen MR) is 130 cm³/mol. The Bertz CT molecular complexity index is 1030. The first-order chi connectivity index (χ1) is 17.0. The monoisotopic (exact) mass is 484 g/mol. The molecule has 1 fully saturated rings. The molecule has 2 aliphatic rings. The lowest BCUT2D eigenvalue weighted by molar-refractivity contribution is -0.0199. The van der Waals surface area contributed by atoms with Gasteiger partial charge in [0.05, 0.1) is 37.1 Å². The van der Waals surface area contributed by atoms with Gasteiger partial charge in [0.15, 0.2) is 0 Å². The van der Waals surface area contributed by atoms with Crippen LogP contribution >= 0.6 is 0 Å². The molecule has 2 aliphatic heterocycles. The third-order valence-corrected chi connectivity index (χ3v) is 6.64. The Morgan fingerprint density at radius 2 is 1.91 bits per heavy atom. The number of amides is 1. The number of aromatic carboxylic acids is 1. The third kappa shape index (κ3) is 6.04. The summed E-state index contributed by atoms with van der Waals surface area (Å²) in [5.74, 6) is -0.152. The molecule has 188 valence electrons. The molecule has 1 amide bonds. The van der Waals surface area contributed by atoms with Crippen molar-refractivity contribution in [2.24, 2.45) is 0 Å². The van der Waals surface area contributed by atoms with Crippen molar-refractivity contribution in [3.63, 3.8) is 0 Å². The maximum absolute atomic E-state index is 11.6. The van der Waals surface area contributed by atoms with Crippen LogP contribution in [0.3, 0.4) is 0 Å². The molecule has 2 heterocycles. The Kier molecular flexibility index (Phi) is 8.09. The zero-order chi connectivity index (χ0) is 24.8. The zero-order valence-electron chi connectivity index (χ0n) is 19.9.